The Kier molecular flexibility index (Phi) is 9.72. The molecule has 0 spiro atoms. The fourth-order valence-electron chi connectivity index (χ4n) is 5.87. The van der Waals surface area contributed by atoms with Crippen molar-refractivity contribution in [3.8, 4) is 0 Å². The molecule has 38 heavy (non-hydrogen) atoms. The molecule has 2 fully saturated rings. The molecule has 4 rings (SSSR count). The molecule has 1 aromatic carbocycles. The Balaban J connectivity index is 1.36. The van der Waals surface area contributed by atoms with Crippen molar-refractivity contribution in [3.63, 3.8) is 0 Å². The van der Waals surface area contributed by atoms with Crippen LogP contribution in [0.25, 0.3) is 0 Å². The van der Waals surface area contributed by atoms with Gasteiger partial charge in [0.15, 0.2) is 5.78 Å². The maximum atomic E-state index is 13.3. The minimum atomic E-state index is -0.423. The van der Waals surface area contributed by atoms with Crippen LogP contribution < -0.4 is 10.6 Å². The number of amides is 2. The minimum Gasteiger partial charge on any atom is -0.342 e. The van der Waals surface area contributed by atoms with E-state index >= 15 is 0 Å². The normalized spacial score (nSPS) is 19.4. The number of benzene rings is 1. The second-order valence-corrected chi connectivity index (χ2v) is 11.3. The van der Waals surface area contributed by atoms with Gasteiger partial charge in [-0.1, -0.05) is 45.2 Å². The van der Waals surface area contributed by atoms with Crippen molar-refractivity contribution in [2.45, 2.75) is 77.3 Å². The number of hydrogen-bond acceptors (Lipinski definition) is 5. The van der Waals surface area contributed by atoms with Gasteiger partial charge < -0.3 is 15.5 Å². The summed E-state index contributed by atoms with van der Waals surface area (Å²) in [5.41, 5.74) is 2.71. The number of likely N-dealkylation sites (tertiary alicyclic amines) is 1. The van der Waals surface area contributed by atoms with Crippen LogP contribution in [0.5, 0.6) is 0 Å². The molecule has 1 saturated heterocycles. The topological polar surface area (TPSA) is 96.3 Å². The van der Waals surface area contributed by atoms with Gasteiger partial charge in [-0.25, -0.2) is 0 Å². The Morgan fingerprint density at radius 1 is 1.08 bits per heavy atom. The minimum absolute atomic E-state index is 0.0926. The molecule has 8 heteroatoms. The monoisotopic (exact) mass is 521 g/mol. The number of aromatic nitrogens is 2. The van der Waals surface area contributed by atoms with Crippen molar-refractivity contribution in [2.24, 2.45) is 18.9 Å². The molecule has 2 aliphatic rings. The van der Waals surface area contributed by atoms with E-state index in [4.69, 9.17) is 0 Å². The molecule has 1 aliphatic heterocycles. The Morgan fingerprint density at radius 2 is 1.87 bits per heavy atom. The number of hydrogen-bond donors (Lipinski definition) is 2. The average molecular weight is 522 g/mol. The molecule has 2 atom stereocenters. The molecular weight excluding hydrogens is 478 g/mol. The zero-order valence-electron chi connectivity index (χ0n) is 23.1. The van der Waals surface area contributed by atoms with Gasteiger partial charge in [-0.15, -0.1) is 0 Å². The summed E-state index contributed by atoms with van der Waals surface area (Å²) in [4.78, 5) is 41.2. The molecule has 8 nitrogen and oxygen atoms in total. The van der Waals surface area contributed by atoms with Crippen LogP contribution in [0.15, 0.2) is 36.7 Å². The zero-order chi connectivity index (χ0) is 27.1. The van der Waals surface area contributed by atoms with Gasteiger partial charge >= 0.3 is 0 Å². The molecule has 2 unspecified atom stereocenters. The molecule has 1 aliphatic carbocycles. The first kappa shape index (κ1) is 28.0. The van der Waals surface area contributed by atoms with Crippen LogP contribution >= 0.6 is 0 Å². The van der Waals surface area contributed by atoms with Crippen molar-refractivity contribution in [2.75, 3.05) is 19.6 Å². The predicted molar refractivity (Wildman–Crippen MR) is 148 cm³/mol. The summed E-state index contributed by atoms with van der Waals surface area (Å²) in [5, 5.41) is 10.5. The van der Waals surface area contributed by atoms with Gasteiger partial charge in [0, 0.05) is 55.8 Å². The number of rotatable bonds is 10. The van der Waals surface area contributed by atoms with E-state index in [-0.39, 0.29) is 41.9 Å². The summed E-state index contributed by atoms with van der Waals surface area (Å²) in [7, 11) is 1.88. The highest BCUT2D eigenvalue weighted by Crippen LogP contribution is 2.30. The molecule has 0 radical (unpaired) electrons. The molecule has 2 amide bonds. The third-order valence-electron chi connectivity index (χ3n) is 8.04. The van der Waals surface area contributed by atoms with Crippen LogP contribution in [0.4, 0.5) is 0 Å². The summed E-state index contributed by atoms with van der Waals surface area (Å²) in [6.07, 6.45) is 11.1. The van der Waals surface area contributed by atoms with Crippen molar-refractivity contribution < 1.29 is 14.4 Å². The van der Waals surface area contributed by atoms with Gasteiger partial charge in [0.1, 0.15) is 0 Å². The number of carbonyl (C=O) groups is 3. The second-order valence-electron chi connectivity index (χ2n) is 11.3. The molecule has 2 aromatic rings. The largest absolute Gasteiger partial charge is 0.342 e. The predicted octanol–water partition coefficient (Wildman–Crippen LogP) is 3.82. The molecule has 1 saturated carbocycles. The third-order valence-corrected chi connectivity index (χ3v) is 8.04. The quantitative estimate of drug-likeness (QED) is 0.496. The fourth-order valence-corrected chi connectivity index (χ4v) is 5.87. The van der Waals surface area contributed by atoms with Gasteiger partial charge in [-0.3, -0.25) is 19.1 Å². The summed E-state index contributed by atoms with van der Waals surface area (Å²) in [5.74, 6) is 0.327. The van der Waals surface area contributed by atoms with Crippen LogP contribution in [0.2, 0.25) is 0 Å². The van der Waals surface area contributed by atoms with E-state index in [1.807, 2.05) is 56.3 Å². The number of ketones is 1. The lowest BCUT2D eigenvalue weighted by molar-refractivity contribution is -0.131. The first-order valence-electron chi connectivity index (χ1n) is 14.2. The van der Waals surface area contributed by atoms with Crippen molar-refractivity contribution in [1.82, 2.24) is 25.3 Å². The van der Waals surface area contributed by atoms with Gasteiger partial charge in [-0.2, -0.15) is 5.10 Å². The highest BCUT2D eigenvalue weighted by molar-refractivity contribution is 5.98. The fraction of sp³-hybridized carbons (Fsp3) is 0.600. The maximum Gasteiger partial charge on any atom is 0.251 e. The molecular formula is C30H43N5O3. The first-order valence-corrected chi connectivity index (χ1v) is 14.2. The van der Waals surface area contributed by atoms with Crippen LogP contribution in [0.1, 0.15) is 86.2 Å². The Morgan fingerprint density at radius 3 is 2.58 bits per heavy atom. The van der Waals surface area contributed by atoms with E-state index in [1.54, 1.807) is 10.9 Å². The standard InChI is InChI=1S/C30H43N5O3/c1-21(2)29(37)28(23-9-5-4-6-10-23)33-30(38)25-12-7-11-24(15-25)26-13-8-14-35(20-26)27(36)18-31-16-22-17-32-34(3)19-22/h7,11-12,15,17,19,21,23,26,28,31H,4-6,8-10,13-14,16,18,20H2,1-3H3,(H,33,38). The number of piperidine rings is 1. The van der Waals surface area contributed by atoms with E-state index in [1.165, 1.54) is 6.42 Å². The average Bonchev–Trinajstić information content (AvgIpc) is 3.36. The van der Waals surface area contributed by atoms with E-state index in [9.17, 15) is 14.4 Å². The summed E-state index contributed by atoms with van der Waals surface area (Å²) >= 11 is 0. The van der Waals surface area contributed by atoms with Crippen LogP contribution in [0.3, 0.4) is 0 Å². The Labute approximate surface area is 226 Å². The van der Waals surface area contributed by atoms with E-state index in [0.717, 1.165) is 56.2 Å². The smallest absolute Gasteiger partial charge is 0.251 e. The second kappa shape index (κ2) is 13.2. The summed E-state index contributed by atoms with van der Waals surface area (Å²) < 4.78 is 1.75. The SMILES string of the molecule is CC(C)C(=O)C(NC(=O)c1cccc(C2CCCN(C(=O)CNCc3cnn(C)c3)C2)c1)C1CCCCC1. The number of nitrogens with one attached hydrogen (secondary N) is 2. The van der Waals surface area contributed by atoms with Crippen molar-refractivity contribution in [1.29, 1.82) is 0 Å². The van der Waals surface area contributed by atoms with Crippen molar-refractivity contribution >= 4 is 17.6 Å². The lowest BCUT2D eigenvalue weighted by Gasteiger charge is -2.33. The van der Waals surface area contributed by atoms with Crippen molar-refractivity contribution in [3.05, 3.63) is 53.3 Å². The third kappa shape index (κ3) is 7.31. The number of aryl methyl sites for hydroxylation is 1. The van der Waals surface area contributed by atoms with Gasteiger partial charge in [-0.05, 0) is 49.3 Å². The summed E-state index contributed by atoms with van der Waals surface area (Å²) in [6, 6.07) is 7.32. The Bertz CT molecular complexity index is 1100. The van der Waals surface area contributed by atoms with Crippen LogP contribution in [-0.2, 0) is 23.2 Å². The first-order chi connectivity index (χ1) is 18.3. The highest BCUT2D eigenvalue weighted by Gasteiger charge is 2.32. The van der Waals surface area contributed by atoms with E-state index in [0.29, 0.717) is 18.7 Å². The number of carbonyl (C=O) groups excluding carboxylic acids is 3. The van der Waals surface area contributed by atoms with Gasteiger partial charge in [0.25, 0.3) is 5.91 Å². The molecule has 2 N–H and O–H groups in total. The van der Waals surface area contributed by atoms with Gasteiger partial charge in [0.2, 0.25) is 5.91 Å². The Hall–Kier alpha value is -3.00. The number of nitrogens with zero attached hydrogens (tertiary/aromatic N) is 3. The summed E-state index contributed by atoms with van der Waals surface area (Å²) in [6.45, 7) is 6.12. The lowest BCUT2D eigenvalue weighted by atomic mass is 9.80. The lowest BCUT2D eigenvalue weighted by Crippen LogP contribution is -2.48. The van der Waals surface area contributed by atoms with Gasteiger partial charge in [0.05, 0.1) is 18.8 Å². The van der Waals surface area contributed by atoms with Crippen LogP contribution in [0, 0.1) is 11.8 Å². The highest BCUT2D eigenvalue weighted by atomic mass is 16.2. The van der Waals surface area contributed by atoms with Crippen LogP contribution in [-0.4, -0.2) is 58.0 Å². The molecule has 2 heterocycles. The van der Waals surface area contributed by atoms with E-state index in [2.05, 4.69) is 15.7 Å². The molecule has 206 valence electrons. The maximum absolute atomic E-state index is 13.3. The molecule has 1 aromatic heterocycles. The molecule has 0 bridgehead atoms. The number of Topliss-reactive ketones (excluding diaryl/α,β-unsaturated/α-hetero) is 1. The zero-order valence-corrected chi connectivity index (χ0v) is 23.1. The van der Waals surface area contributed by atoms with E-state index < -0.39 is 6.04 Å².